The molecule has 0 radical (unpaired) electrons. The number of carbonyl (C=O) groups excluding carboxylic acids is 1. The van der Waals surface area contributed by atoms with Crippen LogP contribution in [-0.2, 0) is 0 Å². The van der Waals surface area contributed by atoms with Crippen molar-refractivity contribution in [2.24, 2.45) is 5.73 Å². The smallest absolute Gasteiger partial charge is 0.271 e. The van der Waals surface area contributed by atoms with Crippen LogP contribution in [0.1, 0.15) is 10.5 Å². The maximum absolute atomic E-state index is 11.4. The summed E-state index contributed by atoms with van der Waals surface area (Å²) in [5, 5.41) is 12.7. The zero-order valence-corrected chi connectivity index (χ0v) is 10.6. The zero-order valence-electron chi connectivity index (χ0n) is 9.83. The van der Waals surface area contributed by atoms with Crippen LogP contribution in [0.4, 0.5) is 0 Å². The van der Waals surface area contributed by atoms with E-state index >= 15 is 0 Å². The average molecular weight is 270 g/mol. The predicted molar refractivity (Wildman–Crippen MR) is 75.2 cm³/mol. The fourth-order valence-corrected chi connectivity index (χ4v) is 2.84. The summed E-state index contributed by atoms with van der Waals surface area (Å²) in [6, 6.07) is 11.4. The molecule has 0 aliphatic heterocycles. The molecule has 3 N–H and O–H groups in total. The minimum absolute atomic E-state index is 0.0891. The SMILES string of the molecule is NC(=O)c1nc(-c2ccccc2)c2ccsc2c1O. The molecule has 4 nitrogen and oxygen atoms in total. The molecule has 1 amide bonds. The predicted octanol–water partition coefficient (Wildman–Crippen LogP) is 2.77. The normalized spacial score (nSPS) is 10.7. The van der Waals surface area contributed by atoms with E-state index in [0.29, 0.717) is 10.4 Å². The van der Waals surface area contributed by atoms with Crippen molar-refractivity contribution in [2.75, 3.05) is 0 Å². The van der Waals surface area contributed by atoms with Crippen molar-refractivity contribution in [2.45, 2.75) is 0 Å². The first-order valence-electron chi connectivity index (χ1n) is 5.64. The van der Waals surface area contributed by atoms with Gasteiger partial charge in [0.25, 0.3) is 5.91 Å². The molecule has 0 aliphatic carbocycles. The number of amides is 1. The van der Waals surface area contributed by atoms with Gasteiger partial charge in [-0.2, -0.15) is 0 Å². The molecule has 0 fully saturated rings. The number of nitrogens with two attached hydrogens (primary N) is 1. The molecule has 3 rings (SSSR count). The molecule has 94 valence electrons. The van der Waals surface area contributed by atoms with Crippen LogP contribution in [0.25, 0.3) is 21.3 Å². The second-order valence-corrected chi connectivity index (χ2v) is 4.97. The molecule has 2 heterocycles. The number of hydrogen-bond donors (Lipinski definition) is 2. The molecule has 0 aliphatic rings. The van der Waals surface area contributed by atoms with E-state index in [9.17, 15) is 9.90 Å². The van der Waals surface area contributed by atoms with Gasteiger partial charge in [-0.05, 0) is 11.4 Å². The van der Waals surface area contributed by atoms with Crippen LogP contribution in [0, 0.1) is 0 Å². The van der Waals surface area contributed by atoms with Crippen molar-refractivity contribution in [3.63, 3.8) is 0 Å². The molecule has 19 heavy (non-hydrogen) atoms. The van der Waals surface area contributed by atoms with Crippen LogP contribution in [0.15, 0.2) is 41.8 Å². The van der Waals surface area contributed by atoms with E-state index in [1.807, 2.05) is 41.8 Å². The Balaban J connectivity index is 2.39. The summed E-state index contributed by atoms with van der Waals surface area (Å²) in [5.41, 5.74) is 6.71. The Bertz CT molecular complexity index is 766. The number of benzene rings is 1. The van der Waals surface area contributed by atoms with Gasteiger partial charge >= 0.3 is 0 Å². The first kappa shape index (κ1) is 11.7. The van der Waals surface area contributed by atoms with Crippen LogP contribution >= 0.6 is 11.3 Å². The lowest BCUT2D eigenvalue weighted by atomic mass is 10.1. The minimum atomic E-state index is -0.731. The minimum Gasteiger partial charge on any atom is -0.504 e. The van der Waals surface area contributed by atoms with Crippen molar-refractivity contribution in [1.29, 1.82) is 0 Å². The van der Waals surface area contributed by atoms with Crippen LogP contribution in [0.3, 0.4) is 0 Å². The molecule has 5 heteroatoms. The van der Waals surface area contributed by atoms with E-state index < -0.39 is 5.91 Å². The lowest BCUT2D eigenvalue weighted by Gasteiger charge is -2.07. The highest BCUT2D eigenvalue weighted by Gasteiger charge is 2.18. The van der Waals surface area contributed by atoms with Crippen molar-refractivity contribution in [1.82, 2.24) is 4.98 Å². The number of nitrogens with zero attached hydrogens (tertiary/aromatic N) is 1. The number of fused-ring (bicyclic) bond motifs is 1. The summed E-state index contributed by atoms with van der Waals surface area (Å²) in [6.45, 7) is 0. The number of pyridine rings is 1. The fourth-order valence-electron chi connectivity index (χ4n) is 2.00. The van der Waals surface area contributed by atoms with Gasteiger partial charge in [-0.3, -0.25) is 4.79 Å². The first-order chi connectivity index (χ1) is 9.18. The van der Waals surface area contributed by atoms with Gasteiger partial charge in [-0.25, -0.2) is 4.98 Å². The number of hydrogen-bond acceptors (Lipinski definition) is 4. The van der Waals surface area contributed by atoms with Gasteiger partial charge in [0.05, 0.1) is 10.4 Å². The van der Waals surface area contributed by atoms with Crippen molar-refractivity contribution in [3.8, 4) is 17.0 Å². The number of rotatable bonds is 2. The van der Waals surface area contributed by atoms with Crippen LogP contribution in [0.5, 0.6) is 5.75 Å². The Hall–Kier alpha value is -2.40. The Morgan fingerprint density at radius 3 is 2.63 bits per heavy atom. The third-order valence-electron chi connectivity index (χ3n) is 2.86. The monoisotopic (exact) mass is 270 g/mol. The Kier molecular flexibility index (Phi) is 2.68. The molecule has 0 atom stereocenters. The van der Waals surface area contributed by atoms with Gasteiger partial charge in [0.15, 0.2) is 11.4 Å². The summed E-state index contributed by atoms with van der Waals surface area (Å²) in [4.78, 5) is 15.6. The summed E-state index contributed by atoms with van der Waals surface area (Å²) < 4.78 is 0.627. The molecule has 0 unspecified atom stereocenters. The van der Waals surface area contributed by atoms with Crippen LogP contribution in [0.2, 0.25) is 0 Å². The molecule has 0 saturated carbocycles. The maximum Gasteiger partial charge on any atom is 0.271 e. The van der Waals surface area contributed by atoms with Crippen LogP contribution in [-0.4, -0.2) is 16.0 Å². The van der Waals surface area contributed by atoms with Gasteiger partial charge in [-0.15, -0.1) is 11.3 Å². The number of thiophene rings is 1. The largest absolute Gasteiger partial charge is 0.504 e. The molecule has 0 bridgehead atoms. The molecule has 0 spiro atoms. The van der Waals surface area contributed by atoms with Crippen molar-refractivity contribution >= 4 is 27.3 Å². The third-order valence-corrected chi connectivity index (χ3v) is 3.79. The van der Waals surface area contributed by atoms with E-state index in [1.54, 1.807) is 0 Å². The summed E-state index contributed by atoms with van der Waals surface area (Å²) in [6.07, 6.45) is 0. The number of aromatic nitrogens is 1. The Morgan fingerprint density at radius 2 is 1.95 bits per heavy atom. The van der Waals surface area contributed by atoms with E-state index in [-0.39, 0.29) is 11.4 Å². The summed E-state index contributed by atoms with van der Waals surface area (Å²) >= 11 is 1.36. The Morgan fingerprint density at radius 1 is 1.21 bits per heavy atom. The molecular weight excluding hydrogens is 260 g/mol. The highest BCUT2D eigenvalue weighted by molar-refractivity contribution is 7.17. The average Bonchev–Trinajstić information content (AvgIpc) is 2.89. The van der Waals surface area contributed by atoms with Gasteiger partial charge in [-0.1, -0.05) is 30.3 Å². The molecule has 3 aromatic rings. The summed E-state index contributed by atoms with van der Waals surface area (Å²) in [5.74, 6) is -0.873. The number of primary amides is 1. The third kappa shape index (κ3) is 1.84. The fraction of sp³-hybridized carbons (Fsp3) is 0. The van der Waals surface area contributed by atoms with E-state index in [2.05, 4.69) is 4.98 Å². The lowest BCUT2D eigenvalue weighted by molar-refractivity contribution is 0.0993. The molecule has 2 aromatic heterocycles. The van der Waals surface area contributed by atoms with E-state index in [4.69, 9.17) is 5.73 Å². The van der Waals surface area contributed by atoms with Crippen molar-refractivity contribution < 1.29 is 9.90 Å². The second-order valence-electron chi connectivity index (χ2n) is 4.05. The maximum atomic E-state index is 11.4. The second kappa shape index (κ2) is 4.37. The quantitative estimate of drug-likeness (QED) is 0.751. The summed E-state index contributed by atoms with van der Waals surface area (Å²) in [7, 11) is 0. The van der Waals surface area contributed by atoms with Gasteiger partial charge < -0.3 is 10.8 Å². The number of carbonyl (C=O) groups is 1. The Labute approximate surface area is 113 Å². The zero-order chi connectivity index (χ0) is 13.4. The highest BCUT2D eigenvalue weighted by Crippen LogP contribution is 2.37. The first-order valence-corrected chi connectivity index (χ1v) is 6.52. The van der Waals surface area contributed by atoms with Gasteiger partial charge in [0.1, 0.15) is 0 Å². The lowest BCUT2D eigenvalue weighted by Crippen LogP contribution is -2.13. The van der Waals surface area contributed by atoms with E-state index in [0.717, 1.165) is 10.9 Å². The topological polar surface area (TPSA) is 76.2 Å². The van der Waals surface area contributed by atoms with Crippen LogP contribution < -0.4 is 5.73 Å². The van der Waals surface area contributed by atoms with Gasteiger partial charge in [0, 0.05) is 10.9 Å². The number of aromatic hydroxyl groups is 1. The van der Waals surface area contributed by atoms with Crippen molar-refractivity contribution in [3.05, 3.63) is 47.5 Å². The highest BCUT2D eigenvalue weighted by atomic mass is 32.1. The van der Waals surface area contributed by atoms with Gasteiger partial charge in [0.2, 0.25) is 0 Å². The van der Waals surface area contributed by atoms with E-state index in [1.165, 1.54) is 11.3 Å². The molecular formula is C14H10N2O2S. The standard InChI is InChI=1S/C14H10N2O2S/c15-14(18)11-12(17)13-9(6-7-19-13)10(16-11)8-4-2-1-3-5-8/h1-7,17H,(H2,15,18). The molecule has 1 aromatic carbocycles. The molecule has 0 saturated heterocycles.